The van der Waals surface area contributed by atoms with E-state index in [1.54, 1.807) is 21.1 Å². The largest absolute Gasteiger partial charge is 0.544 e. The molecule has 0 aliphatic carbocycles. The van der Waals surface area contributed by atoms with Crippen molar-refractivity contribution in [2.24, 2.45) is 0 Å². The van der Waals surface area contributed by atoms with Gasteiger partial charge in [0.25, 0.3) is 0 Å². The van der Waals surface area contributed by atoms with Crippen molar-refractivity contribution in [3.05, 3.63) is 24.3 Å². The lowest BCUT2D eigenvalue weighted by Gasteiger charge is -2.34. The Morgan fingerprint density at radius 3 is 1.49 bits per heavy atom. The zero-order chi connectivity index (χ0) is 40.7. The van der Waals surface area contributed by atoms with Crippen molar-refractivity contribution in [1.29, 1.82) is 0 Å². The number of carboxylic acid groups (broad SMARTS) is 1. The summed E-state index contributed by atoms with van der Waals surface area (Å²) in [6.45, 7) is 4.52. The average molecular weight is 778 g/mol. The second kappa shape index (κ2) is 38.7. The summed E-state index contributed by atoms with van der Waals surface area (Å²) in [5.41, 5.74) is 0. The predicted octanol–water partition coefficient (Wildman–Crippen LogP) is 11.1. The maximum Gasteiger partial charge on any atom is 0.306 e. The normalized spacial score (nSPS) is 13.1. The zero-order valence-electron chi connectivity index (χ0n) is 36.6. The Hall–Kier alpha value is -2.19. The van der Waals surface area contributed by atoms with Crippen LogP contribution in [0.25, 0.3) is 0 Å². The van der Waals surface area contributed by atoms with E-state index in [0.717, 1.165) is 44.9 Å². The molecule has 0 heterocycles. The van der Waals surface area contributed by atoms with Gasteiger partial charge >= 0.3 is 11.9 Å². The monoisotopic (exact) mass is 778 g/mol. The van der Waals surface area contributed by atoms with Gasteiger partial charge in [-0.15, -0.1) is 0 Å². The van der Waals surface area contributed by atoms with Crippen molar-refractivity contribution < 1.29 is 38.2 Å². The number of esters is 2. The van der Waals surface area contributed by atoms with Crippen LogP contribution >= 0.6 is 0 Å². The van der Waals surface area contributed by atoms with Crippen LogP contribution in [0.4, 0.5) is 0 Å². The number of aliphatic carboxylic acids is 1. The van der Waals surface area contributed by atoms with E-state index in [2.05, 4.69) is 38.2 Å². The second-order valence-electron chi connectivity index (χ2n) is 16.6. The van der Waals surface area contributed by atoms with Gasteiger partial charge < -0.3 is 28.6 Å². The fourth-order valence-electron chi connectivity index (χ4n) is 6.82. The number of hydrogen-bond donors (Lipinski definition) is 0. The van der Waals surface area contributed by atoms with Gasteiger partial charge in [-0.25, -0.2) is 0 Å². The van der Waals surface area contributed by atoms with Crippen LogP contribution in [0.5, 0.6) is 0 Å². The van der Waals surface area contributed by atoms with Crippen molar-refractivity contribution in [2.75, 3.05) is 41.0 Å². The topological polar surface area (TPSA) is 102 Å². The van der Waals surface area contributed by atoms with E-state index in [1.807, 2.05) is 0 Å². The summed E-state index contributed by atoms with van der Waals surface area (Å²) in [7, 11) is 5.39. The van der Waals surface area contributed by atoms with Gasteiger partial charge in [-0.05, 0) is 38.5 Å². The Morgan fingerprint density at radius 1 is 0.564 bits per heavy atom. The molecule has 0 bridgehead atoms. The molecule has 322 valence electrons. The molecule has 55 heavy (non-hydrogen) atoms. The number of likely N-dealkylation sites (N-methyl/N-ethyl adjacent to an activating group) is 1. The maximum absolute atomic E-state index is 12.6. The Balaban J connectivity index is 4.13. The van der Waals surface area contributed by atoms with Gasteiger partial charge in [0.2, 0.25) is 0 Å². The van der Waals surface area contributed by atoms with Gasteiger partial charge in [-0.2, -0.15) is 0 Å². The van der Waals surface area contributed by atoms with Gasteiger partial charge in [0.15, 0.2) is 6.10 Å². The first kappa shape index (κ1) is 52.8. The first-order valence-electron chi connectivity index (χ1n) is 22.9. The summed E-state index contributed by atoms with van der Waals surface area (Å²) in [5.74, 6) is -1.77. The Kier molecular flexibility index (Phi) is 37.1. The molecule has 2 atom stereocenters. The van der Waals surface area contributed by atoms with Crippen LogP contribution in [0.15, 0.2) is 24.3 Å². The summed E-state index contributed by atoms with van der Waals surface area (Å²) in [6, 6.07) is -0.727. The number of rotatable bonds is 41. The standard InChI is InChI=1S/C47H87NO7/c1-6-8-10-12-14-16-17-18-19-20-21-22-23-24-25-26-27-28-30-31-33-35-37-45(49)54-42-43(41-53-40-39-44(47(51)52)48(3,4)5)55-46(50)38-36-34-32-29-15-13-11-9-7-2/h9,11,15,29,43-44H,6-8,10,12-14,16-28,30-42H2,1-5H3/b11-9+,29-15+. The smallest absolute Gasteiger partial charge is 0.306 e. The lowest BCUT2D eigenvalue weighted by molar-refractivity contribution is -0.889. The van der Waals surface area contributed by atoms with Crippen LogP contribution in [0.3, 0.4) is 0 Å². The van der Waals surface area contributed by atoms with Crippen molar-refractivity contribution in [3.63, 3.8) is 0 Å². The van der Waals surface area contributed by atoms with Crippen LogP contribution in [0, 0.1) is 0 Å². The summed E-state index contributed by atoms with van der Waals surface area (Å²) in [4.78, 5) is 36.7. The number of carbonyl (C=O) groups is 3. The lowest BCUT2D eigenvalue weighted by Crippen LogP contribution is -2.55. The van der Waals surface area contributed by atoms with Crippen LogP contribution in [0.2, 0.25) is 0 Å². The SMILES string of the molecule is CC/C=C/C/C=C/CCCCC(=O)OC(COCCC(C(=O)[O-])[N+](C)(C)C)COC(=O)CCCCCCCCCCCCCCCCCCCCCCCC. The molecule has 0 radical (unpaired) electrons. The molecule has 8 nitrogen and oxygen atoms in total. The van der Waals surface area contributed by atoms with Gasteiger partial charge in [-0.1, -0.05) is 173 Å². The third-order valence-corrected chi connectivity index (χ3v) is 10.4. The third-order valence-electron chi connectivity index (χ3n) is 10.4. The van der Waals surface area contributed by atoms with Crippen LogP contribution < -0.4 is 5.11 Å². The molecular weight excluding hydrogens is 691 g/mol. The number of nitrogens with zero attached hydrogens (tertiary/aromatic N) is 1. The molecule has 0 aromatic carbocycles. The molecule has 0 rings (SSSR count). The van der Waals surface area contributed by atoms with E-state index in [0.29, 0.717) is 12.8 Å². The molecule has 0 N–H and O–H groups in total. The minimum absolute atomic E-state index is 0.0311. The molecule has 0 saturated carbocycles. The number of ether oxygens (including phenoxy) is 3. The highest BCUT2D eigenvalue weighted by Gasteiger charge is 2.25. The summed E-state index contributed by atoms with van der Waals surface area (Å²) < 4.78 is 17.1. The molecule has 0 fully saturated rings. The van der Waals surface area contributed by atoms with Gasteiger partial charge in [0.05, 0.1) is 40.3 Å². The molecule has 0 amide bonds. The quantitative estimate of drug-likeness (QED) is 0.0264. The minimum atomic E-state index is -1.13. The number of carbonyl (C=O) groups excluding carboxylic acids is 3. The Bertz CT molecular complexity index is 957. The number of quaternary nitrogens is 1. The predicted molar refractivity (Wildman–Crippen MR) is 227 cm³/mol. The average Bonchev–Trinajstić information content (AvgIpc) is 3.14. The van der Waals surface area contributed by atoms with Gasteiger partial charge in [0.1, 0.15) is 12.6 Å². The van der Waals surface area contributed by atoms with E-state index in [4.69, 9.17) is 14.2 Å². The molecule has 8 heteroatoms. The van der Waals surface area contributed by atoms with Crippen molar-refractivity contribution in [2.45, 2.75) is 219 Å². The van der Waals surface area contributed by atoms with E-state index in [9.17, 15) is 19.5 Å². The lowest BCUT2D eigenvalue weighted by atomic mass is 10.0. The first-order chi connectivity index (χ1) is 26.6. The highest BCUT2D eigenvalue weighted by atomic mass is 16.6. The number of hydrogen-bond acceptors (Lipinski definition) is 7. The van der Waals surface area contributed by atoms with Crippen LogP contribution in [-0.2, 0) is 28.6 Å². The highest BCUT2D eigenvalue weighted by molar-refractivity contribution is 5.70. The fraction of sp³-hybridized carbons (Fsp3) is 0.851. The molecule has 0 spiro atoms. The number of unbranched alkanes of at least 4 members (excludes halogenated alkanes) is 23. The molecular formula is C47H87NO7. The first-order valence-corrected chi connectivity index (χ1v) is 22.9. The summed E-state index contributed by atoms with van der Waals surface area (Å²) in [5, 5.41) is 11.6. The highest BCUT2D eigenvalue weighted by Crippen LogP contribution is 2.16. The summed E-state index contributed by atoms with van der Waals surface area (Å²) >= 11 is 0. The molecule has 0 aromatic rings. The minimum Gasteiger partial charge on any atom is -0.544 e. The fourth-order valence-corrected chi connectivity index (χ4v) is 6.82. The molecule has 0 aliphatic heterocycles. The van der Waals surface area contributed by atoms with Crippen molar-refractivity contribution in [1.82, 2.24) is 0 Å². The number of allylic oxidation sites excluding steroid dienone is 4. The van der Waals surface area contributed by atoms with E-state index < -0.39 is 18.1 Å². The Morgan fingerprint density at radius 2 is 1.02 bits per heavy atom. The maximum atomic E-state index is 12.6. The number of carboxylic acids is 1. The molecule has 0 aliphatic rings. The second-order valence-corrected chi connectivity index (χ2v) is 16.6. The van der Waals surface area contributed by atoms with Gasteiger partial charge in [-0.3, -0.25) is 9.59 Å². The van der Waals surface area contributed by atoms with Crippen molar-refractivity contribution >= 4 is 17.9 Å². The van der Waals surface area contributed by atoms with E-state index in [1.165, 1.54) is 122 Å². The van der Waals surface area contributed by atoms with E-state index >= 15 is 0 Å². The Labute approximate surface area is 339 Å². The third kappa shape index (κ3) is 37.2. The summed E-state index contributed by atoms with van der Waals surface area (Å²) in [6.07, 6.45) is 42.3. The zero-order valence-corrected chi connectivity index (χ0v) is 36.6. The molecule has 0 aromatic heterocycles. The van der Waals surface area contributed by atoms with Crippen LogP contribution in [0.1, 0.15) is 206 Å². The van der Waals surface area contributed by atoms with Crippen LogP contribution in [-0.4, -0.2) is 75.5 Å². The van der Waals surface area contributed by atoms with Crippen molar-refractivity contribution in [3.8, 4) is 0 Å². The van der Waals surface area contributed by atoms with E-state index in [-0.39, 0.29) is 49.1 Å². The molecule has 0 saturated heterocycles. The van der Waals surface area contributed by atoms with Gasteiger partial charge in [0, 0.05) is 19.3 Å². The molecule has 2 unspecified atom stereocenters.